The first-order valence-electron chi connectivity index (χ1n) is 2.77. The molecule has 12 heavy (non-hydrogen) atoms. The Kier molecular flexibility index (Phi) is 2.35. The number of aromatic amines is 1. The number of nitrogens with one attached hydrogen (secondary N) is 1. The zero-order chi connectivity index (χ0) is 9.30. The van der Waals surface area contributed by atoms with Crippen molar-refractivity contribution in [3.63, 3.8) is 0 Å². The normalized spacial score (nSPS) is 9.83. The molecule has 0 aromatic carbocycles. The lowest BCUT2D eigenvalue weighted by Gasteiger charge is -1.96. The number of nitrogens with zero attached hydrogens (tertiary/aromatic N) is 1. The number of primary amides is 1. The minimum Gasteiger partial charge on any atom is -0.365 e. The van der Waals surface area contributed by atoms with E-state index in [1.165, 1.54) is 0 Å². The summed E-state index contributed by atoms with van der Waals surface area (Å²) in [5, 5.41) is -0.480. The molecular formula is C5H3Cl2N3O2. The van der Waals surface area contributed by atoms with Crippen LogP contribution in [-0.2, 0) is 0 Å². The Labute approximate surface area is 76.5 Å². The number of rotatable bonds is 1. The fraction of sp³-hybridized carbons (Fsp3) is 0. The van der Waals surface area contributed by atoms with Gasteiger partial charge in [-0.15, -0.1) is 0 Å². The quantitative estimate of drug-likeness (QED) is 0.509. The standard InChI is InChI=1S/C5H3Cl2N3O2/c6-2-1(3(8)11)4(12)10-5(7)9-2/h(H2,8,11)(H,9,10,12). The third kappa shape index (κ3) is 1.57. The molecule has 7 heteroatoms. The van der Waals surface area contributed by atoms with Crippen LogP contribution in [0.1, 0.15) is 10.4 Å². The van der Waals surface area contributed by atoms with Gasteiger partial charge in [-0.25, -0.2) is 4.98 Å². The predicted octanol–water partition coefficient (Wildman–Crippen LogP) is 0.176. The average molecular weight is 208 g/mol. The van der Waals surface area contributed by atoms with Crippen LogP contribution in [0, 0.1) is 0 Å². The highest BCUT2D eigenvalue weighted by molar-refractivity contribution is 6.34. The molecular weight excluding hydrogens is 205 g/mol. The summed E-state index contributed by atoms with van der Waals surface area (Å²) in [6.07, 6.45) is 0. The number of aromatic nitrogens is 2. The SMILES string of the molecule is NC(=O)c1c(Cl)nc(Cl)[nH]c1=O. The first-order valence-corrected chi connectivity index (χ1v) is 3.53. The van der Waals surface area contributed by atoms with E-state index in [1.54, 1.807) is 0 Å². The van der Waals surface area contributed by atoms with Gasteiger partial charge >= 0.3 is 0 Å². The van der Waals surface area contributed by atoms with Crippen molar-refractivity contribution in [1.82, 2.24) is 9.97 Å². The maximum absolute atomic E-state index is 10.9. The average Bonchev–Trinajstić information content (AvgIpc) is 1.82. The van der Waals surface area contributed by atoms with E-state index in [-0.39, 0.29) is 16.0 Å². The molecule has 1 rings (SSSR count). The van der Waals surface area contributed by atoms with Crippen molar-refractivity contribution >= 4 is 29.1 Å². The highest BCUT2D eigenvalue weighted by Crippen LogP contribution is 2.09. The molecule has 0 bridgehead atoms. The number of halogens is 2. The molecule has 64 valence electrons. The molecule has 0 unspecified atom stereocenters. The summed E-state index contributed by atoms with van der Waals surface area (Å²) >= 11 is 10.7. The lowest BCUT2D eigenvalue weighted by Crippen LogP contribution is -2.24. The second kappa shape index (κ2) is 3.12. The second-order valence-corrected chi connectivity index (χ2v) is 2.60. The van der Waals surface area contributed by atoms with E-state index >= 15 is 0 Å². The summed E-state index contributed by atoms with van der Waals surface area (Å²) in [7, 11) is 0. The summed E-state index contributed by atoms with van der Waals surface area (Å²) in [4.78, 5) is 27.0. The van der Waals surface area contributed by atoms with Crippen LogP contribution in [0.25, 0.3) is 0 Å². The van der Waals surface area contributed by atoms with Gasteiger partial charge in [-0.05, 0) is 11.6 Å². The number of carbonyl (C=O) groups is 1. The summed E-state index contributed by atoms with van der Waals surface area (Å²) < 4.78 is 0. The van der Waals surface area contributed by atoms with Crippen LogP contribution in [0.15, 0.2) is 4.79 Å². The van der Waals surface area contributed by atoms with Gasteiger partial charge in [0, 0.05) is 0 Å². The lowest BCUT2D eigenvalue weighted by molar-refractivity contribution is 0.0998. The predicted molar refractivity (Wildman–Crippen MR) is 43.4 cm³/mol. The Bertz CT molecular complexity index is 387. The molecule has 0 aliphatic rings. The molecule has 0 saturated heterocycles. The van der Waals surface area contributed by atoms with E-state index in [1.807, 2.05) is 0 Å². The van der Waals surface area contributed by atoms with Crippen molar-refractivity contribution in [2.45, 2.75) is 0 Å². The largest absolute Gasteiger partial charge is 0.365 e. The Morgan fingerprint density at radius 3 is 2.50 bits per heavy atom. The van der Waals surface area contributed by atoms with Crippen molar-refractivity contribution in [3.05, 3.63) is 26.4 Å². The second-order valence-electron chi connectivity index (χ2n) is 1.89. The van der Waals surface area contributed by atoms with Crippen LogP contribution in [0.5, 0.6) is 0 Å². The van der Waals surface area contributed by atoms with Gasteiger partial charge in [0.2, 0.25) is 5.28 Å². The van der Waals surface area contributed by atoms with Crippen LogP contribution < -0.4 is 11.3 Å². The molecule has 0 spiro atoms. The highest BCUT2D eigenvalue weighted by Gasteiger charge is 2.13. The van der Waals surface area contributed by atoms with Crippen molar-refractivity contribution in [2.24, 2.45) is 5.73 Å². The van der Waals surface area contributed by atoms with E-state index in [2.05, 4.69) is 9.97 Å². The first kappa shape index (κ1) is 9.02. The van der Waals surface area contributed by atoms with Gasteiger partial charge in [-0.3, -0.25) is 14.6 Å². The Morgan fingerprint density at radius 2 is 2.08 bits per heavy atom. The molecule has 0 radical (unpaired) electrons. The molecule has 1 amide bonds. The molecule has 0 saturated carbocycles. The van der Waals surface area contributed by atoms with Gasteiger partial charge < -0.3 is 5.73 Å². The van der Waals surface area contributed by atoms with E-state index in [0.29, 0.717) is 0 Å². The van der Waals surface area contributed by atoms with E-state index in [0.717, 1.165) is 0 Å². The smallest absolute Gasteiger partial charge is 0.266 e. The number of nitrogens with two attached hydrogens (primary N) is 1. The minimum absolute atomic E-state index is 0.185. The summed E-state index contributed by atoms with van der Waals surface area (Å²) in [6, 6.07) is 0. The molecule has 3 N–H and O–H groups in total. The highest BCUT2D eigenvalue weighted by atomic mass is 35.5. The van der Waals surface area contributed by atoms with Crippen LogP contribution in [0.4, 0.5) is 0 Å². The molecule has 1 aromatic rings. The maximum atomic E-state index is 10.9. The topological polar surface area (TPSA) is 88.8 Å². The van der Waals surface area contributed by atoms with Crippen molar-refractivity contribution in [1.29, 1.82) is 0 Å². The Hall–Kier alpha value is -1.07. The Balaban J connectivity index is 3.49. The molecule has 0 fully saturated rings. The zero-order valence-corrected chi connectivity index (χ0v) is 7.11. The number of H-pyrrole nitrogens is 1. The first-order chi connectivity index (χ1) is 5.52. The number of hydrogen-bond acceptors (Lipinski definition) is 3. The minimum atomic E-state index is -0.939. The molecule has 1 aromatic heterocycles. The van der Waals surface area contributed by atoms with Gasteiger partial charge in [-0.2, -0.15) is 0 Å². The van der Waals surface area contributed by atoms with Crippen LogP contribution in [0.2, 0.25) is 10.4 Å². The fourth-order valence-corrected chi connectivity index (χ4v) is 1.11. The van der Waals surface area contributed by atoms with Crippen molar-refractivity contribution in [3.8, 4) is 0 Å². The van der Waals surface area contributed by atoms with Crippen LogP contribution >= 0.6 is 23.2 Å². The van der Waals surface area contributed by atoms with E-state index in [9.17, 15) is 9.59 Å². The molecule has 0 atom stereocenters. The number of carbonyl (C=O) groups excluding carboxylic acids is 1. The summed E-state index contributed by atoms with van der Waals surface area (Å²) in [5.41, 5.74) is 3.71. The van der Waals surface area contributed by atoms with Crippen LogP contribution in [0.3, 0.4) is 0 Å². The van der Waals surface area contributed by atoms with Gasteiger partial charge in [0.25, 0.3) is 11.5 Å². The third-order valence-corrected chi connectivity index (χ3v) is 1.55. The fourth-order valence-electron chi connectivity index (χ4n) is 0.633. The van der Waals surface area contributed by atoms with Gasteiger partial charge in [0.15, 0.2) is 5.15 Å². The maximum Gasteiger partial charge on any atom is 0.266 e. The van der Waals surface area contributed by atoms with Crippen molar-refractivity contribution in [2.75, 3.05) is 0 Å². The van der Waals surface area contributed by atoms with Crippen molar-refractivity contribution < 1.29 is 4.79 Å². The van der Waals surface area contributed by atoms with E-state index in [4.69, 9.17) is 28.9 Å². The summed E-state index contributed by atoms with van der Waals surface area (Å²) in [6.45, 7) is 0. The summed E-state index contributed by atoms with van der Waals surface area (Å²) in [5.74, 6) is -0.939. The molecule has 5 nitrogen and oxygen atoms in total. The number of amides is 1. The monoisotopic (exact) mass is 207 g/mol. The zero-order valence-electron chi connectivity index (χ0n) is 5.60. The third-order valence-electron chi connectivity index (χ3n) is 1.09. The Morgan fingerprint density at radius 1 is 1.50 bits per heavy atom. The van der Waals surface area contributed by atoms with Gasteiger partial charge in [-0.1, -0.05) is 11.6 Å². The lowest BCUT2D eigenvalue weighted by atomic mass is 10.3. The van der Waals surface area contributed by atoms with Gasteiger partial charge in [0.1, 0.15) is 5.56 Å². The van der Waals surface area contributed by atoms with E-state index < -0.39 is 11.5 Å². The number of hydrogen-bond donors (Lipinski definition) is 2. The molecule has 0 aliphatic heterocycles. The molecule has 1 heterocycles. The van der Waals surface area contributed by atoms with Crippen LogP contribution in [-0.4, -0.2) is 15.9 Å². The van der Waals surface area contributed by atoms with Gasteiger partial charge in [0.05, 0.1) is 0 Å². The molecule has 0 aliphatic carbocycles.